The Balaban J connectivity index is 1.98. The molecule has 80 valence electrons. The minimum atomic E-state index is 0.603. The lowest BCUT2D eigenvalue weighted by atomic mass is 10.3. The first-order valence-electron chi connectivity index (χ1n) is 5.00. The quantitative estimate of drug-likeness (QED) is 0.624. The standard InChI is InChI=1S/C11H14N2S2/c1-15-10-5-3-2-4-9(10)13-11(14)12-8-6-7-8/h2-5,8H,6-7H2,1H3,(H2,12,13,14). The fourth-order valence-electron chi connectivity index (χ4n) is 1.32. The van der Waals surface area contributed by atoms with Crippen molar-refractivity contribution in [2.45, 2.75) is 23.8 Å². The Labute approximate surface area is 99.8 Å². The van der Waals surface area contributed by atoms with Crippen LogP contribution in [-0.2, 0) is 0 Å². The van der Waals surface area contributed by atoms with Crippen LogP contribution in [0, 0.1) is 0 Å². The Morgan fingerprint density at radius 3 is 2.80 bits per heavy atom. The largest absolute Gasteiger partial charge is 0.360 e. The van der Waals surface area contributed by atoms with E-state index < -0.39 is 0 Å². The third-order valence-electron chi connectivity index (χ3n) is 2.27. The number of para-hydroxylation sites is 1. The van der Waals surface area contributed by atoms with Gasteiger partial charge in [-0.05, 0) is 43.4 Å². The van der Waals surface area contributed by atoms with Crippen molar-refractivity contribution in [2.24, 2.45) is 0 Å². The van der Waals surface area contributed by atoms with Crippen molar-refractivity contribution < 1.29 is 0 Å². The van der Waals surface area contributed by atoms with Crippen LogP contribution in [0.25, 0.3) is 0 Å². The molecule has 1 saturated carbocycles. The number of anilines is 1. The molecule has 15 heavy (non-hydrogen) atoms. The summed E-state index contributed by atoms with van der Waals surface area (Å²) in [7, 11) is 0. The topological polar surface area (TPSA) is 24.1 Å². The van der Waals surface area contributed by atoms with Crippen molar-refractivity contribution in [3.8, 4) is 0 Å². The lowest BCUT2D eigenvalue weighted by Crippen LogP contribution is -2.30. The van der Waals surface area contributed by atoms with Gasteiger partial charge in [0, 0.05) is 10.9 Å². The van der Waals surface area contributed by atoms with Gasteiger partial charge in [-0.1, -0.05) is 12.1 Å². The van der Waals surface area contributed by atoms with Gasteiger partial charge in [0.15, 0.2) is 5.11 Å². The molecule has 0 spiro atoms. The fourth-order valence-corrected chi connectivity index (χ4v) is 2.15. The van der Waals surface area contributed by atoms with E-state index in [0.717, 1.165) is 10.8 Å². The summed E-state index contributed by atoms with van der Waals surface area (Å²) in [5.74, 6) is 0. The maximum atomic E-state index is 5.23. The minimum Gasteiger partial charge on any atom is -0.360 e. The van der Waals surface area contributed by atoms with E-state index in [4.69, 9.17) is 12.2 Å². The molecule has 1 aliphatic carbocycles. The van der Waals surface area contributed by atoms with Gasteiger partial charge in [0.1, 0.15) is 0 Å². The second-order valence-electron chi connectivity index (χ2n) is 3.57. The fraction of sp³-hybridized carbons (Fsp3) is 0.364. The molecule has 0 heterocycles. The molecule has 2 N–H and O–H groups in total. The Morgan fingerprint density at radius 1 is 1.40 bits per heavy atom. The molecule has 0 aliphatic heterocycles. The van der Waals surface area contributed by atoms with Gasteiger partial charge in [-0.2, -0.15) is 0 Å². The van der Waals surface area contributed by atoms with E-state index in [1.54, 1.807) is 11.8 Å². The van der Waals surface area contributed by atoms with Crippen LogP contribution in [0.3, 0.4) is 0 Å². The monoisotopic (exact) mass is 238 g/mol. The van der Waals surface area contributed by atoms with Crippen molar-refractivity contribution >= 4 is 34.8 Å². The summed E-state index contributed by atoms with van der Waals surface area (Å²) in [6, 6.07) is 8.79. The molecule has 0 aromatic heterocycles. The zero-order valence-electron chi connectivity index (χ0n) is 8.62. The highest BCUT2D eigenvalue weighted by atomic mass is 32.2. The molecule has 0 radical (unpaired) electrons. The molecule has 2 nitrogen and oxygen atoms in total. The van der Waals surface area contributed by atoms with Crippen molar-refractivity contribution in [1.82, 2.24) is 5.32 Å². The van der Waals surface area contributed by atoms with E-state index in [-0.39, 0.29) is 0 Å². The van der Waals surface area contributed by atoms with Crippen LogP contribution < -0.4 is 10.6 Å². The van der Waals surface area contributed by atoms with Gasteiger partial charge in [0.2, 0.25) is 0 Å². The SMILES string of the molecule is CSc1ccccc1NC(=S)NC1CC1. The van der Waals surface area contributed by atoms with Gasteiger partial charge in [0.05, 0.1) is 5.69 Å². The van der Waals surface area contributed by atoms with E-state index in [1.165, 1.54) is 17.7 Å². The maximum absolute atomic E-state index is 5.23. The number of thiocarbonyl (C=S) groups is 1. The van der Waals surface area contributed by atoms with Gasteiger partial charge in [-0.25, -0.2) is 0 Å². The molecule has 0 atom stereocenters. The van der Waals surface area contributed by atoms with Gasteiger partial charge in [-0.3, -0.25) is 0 Å². The smallest absolute Gasteiger partial charge is 0.171 e. The number of rotatable bonds is 3. The predicted molar refractivity (Wildman–Crippen MR) is 70.6 cm³/mol. The van der Waals surface area contributed by atoms with Gasteiger partial charge in [0.25, 0.3) is 0 Å². The average Bonchev–Trinajstić information content (AvgIpc) is 3.02. The lowest BCUT2D eigenvalue weighted by Gasteiger charge is -2.12. The zero-order chi connectivity index (χ0) is 10.7. The van der Waals surface area contributed by atoms with E-state index in [9.17, 15) is 0 Å². The van der Waals surface area contributed by atoms with Crippen molar-refractivity contribution in [2.75, 3.05) is 11.6 Å². The minimum absolute atomic E-state index is 0.603. The Morgan fingerprint density at radius 2 is 2.13 bits per heavy atom. The number of benzene rings is 1. The molecule has 1 aromatic rings. The molecule has 1 aromatic carbocycles. The first-order chi connectivity index (χ1) is 7.29. The van der Waals surface area contributed by atoms with Gasteiger partial charge >= 0.3 is 0 Å². The number of hydrogen-bond acceptors (Lipinski definition) is 2. The van der Waals surface area contributed by atoms with Crippen LogP contribution in [0.4, 0.5) is 5.69 Å². The van der Waals surface area contributed by atoms with Crippen LogP contribution in [0.1, 0.15) is 12.8 Å². The lowest BCUT2D eigenvalue weighted by molar-refractivity contribution is 0.919. The van der Waals surface area contributed by atoms with E-state index >= 15 is 0 Å². The van der Waals surface area contributed by atoms with Crippen molar-refractivity contribution in [1.29, 1.82) is 0 Å². The Kier molecular flexibility index (Phi) is 3.49. The highest BCUT2D eigenvalue weighted by Crippen LogP contribution is 2.25. The summed E-state index contributed by atoms with van der Waals surface area (Å²) in [5.41, 5.74) is 1.09. The summed E-state index contributed by atoms with van der Waals surface area (Å²) in [6.45, 7) is 0. The van der Waals surface area contributed by atoms with Crippen molar-refractivity contribution in [3.05, 3.63) is 24.3 Å². The summed E-state index contributed by atoms with van der Waals surface area (Å²) >= 11 is 6.95. The molecule has 2 rings (SSSR count). The summed E-state index contributed by atoms with van der Waals surface area (Å²) in [5, 5.41) is 7.23. The molecule has 1 fully saturated rings. The normalized spacial score (nSPS) is 14.7. The van der Waals surface area contributed by atoms with Crippen LogP contribution in [0.15, 0.2) is 29.2 Å². The number of hydrogen-bond donors (Lipinski definition) is 2. The summed E-state index contributed by atoms with van der Waals surface area (Å²) in [6.07, 6.45) is 4.55. The average molecular weight is 238 g/mol. The van der Waals surface area contributed by atoms with Gasteiger partial charge < -0.3 is 10.6 Å². The summed E-state index contributed by atoms with van der Waals surface area (Å²) in [4.78, 5) is 1.22. The van der Waals surface area contributed by atoms with E-state index in [1.807, 2.05) is 18.2 Å². The van der Waals surface area contributed by atoms with E-state index in [2.05, 4.69) is 23.0 Å². The van der Waals surface area contributed by atoms with Crippen molar-refractivity contribution in [3.63, 3.8) is 0 Å². The maximum Gasteiger partial charge on any atom is 0.171 e. The predicted octanol–water partition coefficient (Wildman–Crippen LogP) is 2.86. The third kappa shape index (κ3) is 3.11. The third-order valence-corrected chi connectivity index (χ3v) is 3.28. The zero-order valence-corrected chi connectivity index (χ0v) is 10.3. The summed E-state index contributed by atoms with van der Waals surface area (Å²) < 4.78 is 0. The molecule has 0 saturated heterocycles. The Bertz CT molecular complexity index is 361. The van der Waals surface area contributed by atoms with Crippen LogP contribution in [0.2, 0.25) is 0 Å². The Hall–Kier alpha value is -0.740. The first-order valence-corrected chi connectivity index (χ1v) is 6.63. The first kappa shape index (κ1) is 10.8. The molecule has 0 bridgehead atoms. The van der Waals surface area contributed by atoms with Crippen LogP contribution in [-0.4, -0.2) is 17.4 Å². The molecule has 4 heteroatoms. The van der Waals surface area contributed by atoms with Gasteiger partial charge in [-0.15, -0.1) is 11.8 Å². The molecular formula is C11H14N2S2. The van der Waals surface area contributed by atoms with E-state index in [0.29, 0.717) is 6.04 Å². The molecular weight excluding hydrogens is 224 g/mol. The molecule has 1 aliphatic rings. The molecule has 0 amide bonds. The number of thioether (sulfide) groups is 1. The highest BCUT2D eigenvalue weighted by Gasteiger charge is 2.21. The highest BCUT2D eigenvalue weighted by molar-refractivity contribution is 7.98. The second-order valence-corrected chi connectivity index (χ2v) is 4.83. The number of nitrogens with one attached hydrogen (secondary N) is 2. The second kappa shape index (κ2) is 4.86. The molecule has 0 unspecified atom stereocenters. The van der Waals surface area contributed by atoms with Crippen LogP contribution >= 0.6 is 24.0 Å². The van der Waals surface area contributed by atoms with Crippen LogP contribution in [0.5, 0.6) is 0 Å².